The minimum Gasteiger partial charge on any atom is -0.368 e. The summed E-state index contributed by atoms with van der Waals surface area (Å²) in [4.78, 5) is 16.3. The van der Waals surface area contributed by atoms with Gasteiger partial charge in [0.2, 0.25) is 0 Å². The van der Waals surface area contributed by atoms with Gasteiger partial charge in [-0.2, -0.15) is 0 Å². The van der Waals surface area contributed by atoms with Gasteiger partial charge in [-0.1, -0.05) is 0 Å². The number of piperidine rings is 1. The van der Waals surface area contributed by atoms with E-state index in [4.69, 9.17) is 0 Å². The highest BCUT2D eigenvalue weighted by Crippen LogP contribution is 2.29. The molecule has 2 atom stereocenters. The second kappa shape index (κ2) is 4.53. The zero-order valence-electron chi connectivity index (χ0n) is 10.1. The largest absolute Gasteiger partial charge is 0.368 e. The van der Waals surface area contributed by atoms with E-state index in [0.29, 0.717) is 5.92 Å². The van der Waals surface area contributed by atoms with Crippen molar-refractivity contribution in [2.45, 2.75) is 6.42 Å². The molecule has 2 aliphatic rings. The number of rotatable bonds is 2. The topological polar surface area (TPSA) is 71.3 Å². The molecule has 0 saturated carbocycles. The number of hydrogen-bond donors (Lipinski definition) is 1. The molecule has 2 fully saturated rings. The van der Waals surface area contributed by atoms with Gasteiger partial charge in [-0.15, -0.1) is 0 Å². The van der Waals surface area contributed by atoms with Crippen molar-refractivity contribution >= 4 is 11.5 Å². The molecule has 6 nitrogen and oxygen atoms in total. The van der Waals surface area contributed by atoms with E-state index in [1.54, 1.807) is 12.3 Å². The van der Waals surface area contributed by atoms with E-state index in [1.807, 2.05) is 0 Å². The molecule has 6 heteroatoms. The van der Waals surface area contributed by atoms with Crippen LogP contribution in [0.3, 0.4) is 0 Å². The maximum atomic E-state index is 10.6. The molecule has 1 aromatic heterocycles. The zero-order chi connectivity index (χ0) is 12.5. The Bertz CT molecular complexity index is 448. The lowest BCUT2D eigenvalue weighted by molar-refractivity contribution is -0.389. The van der Waals surface area contributed by atoms with Gasteiger partial charge in [-0.05, 0) is 47.3 Å². The Morgan fingerprint density at radius 3 is 2.94 bits per heavy atom. The molecule has 0 amide bonds. The molecule has 0 aromatic carbocycles. The van der Waals surface area contributed by atoms with Crippen LogP contribution >= 0.6 is 0 Å². The van der Waals surface area contributed by atoms with Gasteiger partial charge >= 0.3 is 5.82 Å². The Morgan fingerprint density at radius 2 is 2.22 bits per heavy atom. The van der Waals surface area contributed by atoms with E-state index < -0.39 is 4.92 Å². The number of nitrogens with zero attached hydrogens (tertiary/aromatic N) is 3. The first-order valence-electron chi connectivity index (χ1n) is 6.30. The molecule has 18 heavy (non-hydrogen) atoms. The molecule has 96 valence electrons. The summed E-state index contributed by atoms with van der Waals surface area (Å²) in [5.74, 6) is 1.41. The molecule has 0 radical (unpaired) electrons. The van der Waals surface area contributed by atoms with Gasteiger partial charge in [-0.3, -0.25) is 0 Å². The van der Waals surface area contributed by atoms with Gasteiger partial charge in [0.25, 0.3) is 0 Å². The van der Waals surface area contributed by atoms with Crippen molar-refractivity contribution in [3.8, 4) is 0 Å². The van der Waals surface area contributed by atoms with E-state index >= 15 is 0 Å². The lowest BCUT2D eigenvalue weighted by Crippen LogP contribution is -2.40. The molecule has 0 spiro atoms. The Hall–Kier alpha value is -1.69. The standard InChI is InChI=1S/C12H16N4O2/c17-16(18)12-2-1-11(7-14-12)15-4-3-9-5-13-6-10(9)8-15/h1-2,7,9-10,13H,3-6,8H2. The molecule has 2 saturated heterocycles. The molecule has 3 rings (SSSR count). The summed E-state index contributed by atoms with van der Waals surface area (Å²) >= 11 is 0. The van der Waals surface area contributed by atoms with Crippen LogP contribution in [0.15, 0.2) is 18.3 Å². The average molecular weight is 248 g/mol. The van der Waals surface area contributed by atoms with Crippen LogP contribution < -0.4 is 10.2 Å². The SMILES string of the molecule is O=[N+]([O-])c1ccc(N2CCC3CNCC3C2)cn1. The van der Waals surface area contributed by atoms with E-state index in [-0.39, 0.29) is 5.82 Å². The quantitative estimate of drug-likeness (QED) is 0.625. The molecular formula is C12H16N4O2. The Kier molecular flexibility index (Phi) is 2.87. The highest BCUT2D eigenvalue weighted by atomic mass is 16.6. The molecule has 3 heterocycles. The van der Waals surface area contributed by atoms with Crippen molar-refractivity contribution in [2.75, 3.05) is 31.1 Å². The van der Waals surface area contributed by atoms with E-state index in [9.17, 15) is 10.1 Å². The summed E-state index contributed by atoms with van der Waals surface area (Å²) < 4.78 is 0. The maximum absolute atomic E-state index is 10.6. The van der Waals surface area contributed by atoms with Crippen LogP contribution in [0, 0.1) is 22.0 Å². The fraction of sp³-hybridized carbons (Fsp3) is 0.583. The highest BCUT2D eigenvalue weighted by Gasteiger charge is 2.33. The van der Waals surface area contributed by atoms with Crippen LogP contribution in [0.4, 0.5) is 11.5 Å². The summed E-state index contributed by atoms with van der Waals surface area (Å²) in [5, 5.41) is 14.0. The summed E-state index contributed by atoms with van der Waals surface area (Å²) in [6.07, 6.45) is 2.80. The average Bonchev–Trinajstić information content (AvgIpc) is 2.86. The predicted molar refractivity (Wildman–Crippen MR) is 67.6 cm³/mol. The van der Waals surface area contributed by atoms with E-state index in [0.717, 1.165) is 37.8 Å². The van der Waals surface area contributed by atoms with Crippen molar-refractivity contribution in [3.05, 3.63) is 28.4 Å². The monoisotopic (exact) mass is 248 g/mol. The zero-order valence-corrected chi connectivity index (χ0v) is 10.1. The number of pyridine rings is 1. The van der Waals surface area contributed by atoms with Crippen LogP contribution in [-0.2, 0) is 0 Å². The summed E-state index contributed by atoms with van der Waals surface area (Å²) in [7, 11) is 0. The molecule has 2 aliphatic heterocycles. The van der Waals surface area contributed by atoms with Crippen LogP contribution in [-0.4, -0.2) is 36.1 Å². The lowest BCUT2D eigenvalue weighted by Gasteiger charge is -2.35. The van der Waals surface area contributed by atoms with Gasteiger partial charge in [-0.25, -0.2) is 0 Å². The summed E-state index contributed by atoms with van der Waals surface area (Å²) in [6, 6.07) is 3.28. The molecule has 0 aliphatic carbocycles. The normalized spacial score (nSPS) is 27.0. The number of nitro groups is 1. The summed E-state index contributed by atoms with van der Waals surface area (Å²) in [6.45, 7) is 4.26. The fourth-order valence-corrected chi connectivity index (χ4v) is 2.94. The van der Waals surface area contributed by atoms with Crippen LogP contribution in [0.2, 0.25) is 0 Å². The van der Waals surface area contributed by atoms with Gasteiger partial charge in [0.15, 0.2) is 6.20 Å². The Balaban J connectivity index is 1.73. The van der Waals surface area contributed by atoms with Crippen LogP contribution in [0.1, 0.15) is 6.42 Å². The van der Waals surface area contributed by atoms with Crippen LogP contribution in [0.25, 0.3) is 0 Å². The lowest BCUT2D eigenvalue weighted by atomic mass is 9.88. The van der Waals surface area contributed by atoms with Crippen LogP contribution in [0.5, 0.6) is 0 Å². The first-order valence-corrected chi connectivity index (χ1v) is 6.30. The number of aromatic nitrogens is 1. The van der Waals surface area contributed by atoms with Crippen molar-refractivity contribution in [1.29, 1.82) is 0 Å². The fourth-order valence-electron chi connectivity index (χ4n) is 2.94. The van der Waals surface area contributed by atoms with E-state index in [1.165, 1.54) is 12.5 Å². The van der Waals surface area contributed by atoms with Gasteiger partial charge in [0.05, 0.1) is 5.69 Å². The Morgan fingerprint density at radius 1 is 1.39 bits per heavy atom. The third-order valence-corrected chi connectivity index (χ3v) is 3.99. The number of nitrogens with one attached hydrogen (secondary N) is 1. The summed E-state index contributed by atoms with van der Waals surface area (Å²) in [5.41, 5.74) is 0.992. The molecule has 2 unspecified atom stereocenters. The highest BCUT2D eigenvalue weighted by molar-refractivity contribution is 5.47. The molecule has 0 bridgehead atoms. The minimum atomic E-state index is -0.461. The number of anilines is 1. The molecular weight excluding hydrogens is 232 g/mol. The van der Waals surface area contributed by atoms with Gasteiger partial charge < -0.3 is 20.3 Å². The van der Waals surface area contributed by atoms with Crippen molar-refractivity contribution < 1.29 is 4.92 Å². The van der Waals surface area contributed by atoms with Crippen molar-refractivity contribution in [3.63, 3.8) is 0 Å². The molecule has 1 aromatic rings. The first kappa shape index (κ1) is 11.4. The van der Waals surface area contributed by atoms with Crippen molar-refractivity contribution in [2.24, 2.45) is 11.8 Å². The third-order valence-electron chi connectivity index (χ3n) is 3.99. The second-order valence-electron chi connectivity index (χ2n) is 5.04. The van der Waals surface area contributed by atoms with Gasteiger partial charge in [0, 0.05) is 19.2 Å². The predicted octanol–water partition coefficient (Wildman–Crippen LogP) is 1.04. The smallest absolute Gasteiger partial charge is 0.363 e. The number of fused-ring (bicyclic) bond motifs is 1. The maximum Gasteiger partial charge on any atom is 0.363 e. The number of hydrogen-bond acceptors (Lipinski definition) is 5. The van der Waals surface area contributed by atoms with Gasteiger partial charge in [0.1, 0.15) is 0 Å². The van der Waals surface area contributed by atoms with Crippen molar-refractivity contribution in [1.82, 2.24) is 10.3 Å². The Labute approximate surface area is 105 Å². The third kappa shape index (κ3) is 2.03. The van der Waals surface area contributed by atoms with E-state index in [2.05, 4.69) is 15.2 Å². The minimum absolute atomic E-state index is 0.0869. The molecule has 1 N–H and O–H groups in total. The second-order valence-corrected chi connectivity index (χ2v) is 5.04. The first-order chi connectivity index (χ1) is 8.74.